The number of hydrogen-bond acceptors (Lipinski definition) is 6. The Kier molecular flexibility index (Phi) is 8.05. The molecule has 0 radical (unpaired) electrons. The zero-order valence-corrected chi connectivity index (χ0v) is 20.2. The van der Waals surface area contributed by atoms with E-state index in [2.05, 4.69) is 25.5 Å². The third-order valence-corrected chi connectivity index (χ3v) is 5.33. The summed E-state index contributed by atoms with van der Waals surface area (Å²) in [4.78, 5) is 13.6. The monoisotopic (exact) mass is 508 g/mol. The highest BCUT2D eigenvalue weighted by Crippen LogP contribution is 2.41. The summed E-state index contributed by atoms with van der Waals surface area (Å²) in [5.74, 6) is -0.204. The number of amides is 1. The van der Waals surface area contributed by atoms with Crippen LogP contribution < -0.4 is 20.9 Å². The van der Waals surface area contributed by atoms with Gasteiger partial charge in [0.1, 0.15) is 5.56 Å². The van der Waals surface area contributed by atoms with Gasteiger partial charge in [0, 0.05) is 30.3 Å². The van der Waals surface area contributed by atoms with Crippen LogP contribution in [0.15, 0.2) is 47.8 Å². The van der Waals surface area contributed by atoms with Crippen molar-refractivity contribution in [3.8, 4) is 0 Å². The van der Waals surface area contributed by atoms with Gasteiger partial charge in [-0.25, -0.2) is 0 Å². The average Bonchev–Trinajstić information content (AvgIpc) is 3.29. The number of aromatic nitrogens is 2. The van der Waals surface area contributed by atoms with Crippen LogP contribution in [0.1, 0.15) is 29.9 Å². The molecule has 0 unspecified atom stereocenters. The molecule has 0 fully saturated rings. The molecule has 7 nitrogen and oxygen atoms in total. The van der Waals surface area contributed by atoms with Crippen molar-refractivity contribution in [3.63, 3.8) is 0 Å². The second kappa shape index (κ2) is 10.8. The largest absolute Gasteiger partial charge is 0.420 e. The first-order chi connectivity index (χ1) is 16.0. The third kappa shape index (κ3) is 6.64. The Hall–Kier alpha value is -3.25. The molecule has 12 heteroatoms. The Morgan fingerprint density at radius 2 is 1.74 bits per heavy atom. The van der Waals surface area contributed by atoms with Gasteiger partial charge in [0.15, 0.2) is 10.8 Å². The first-order valence-electron chi connectivity index (χ1n) is 10.2. The summed E-state index contributed by atoms with van der Waals surface area (Å²) in [6.07, 6.45) is -4.58. The number of anilines is 4. The van der Waals surface area contributed by atoms with E-state index in [1.54, 1.807) is 42.3 Å². The van der Waals surface area contributed by atoms with E-state index in [0.717, 1.165) is 11.5 Å². The molecule has 0 aliphatic carbocycles. The minimum Gasteiger partial charge on any atom is -0.374 e. The lowest BCUT2D eigenvalue weighted by Gasteiger charge is -2.27. The highest BCUT2D eigenvalue weighted by Gasteiger charge is 2.37. The molecule has 0 spiro atoms. The Morgan fingerprint density at radius 1 is 1.09 bits per heavy atom. The van der Waals surface area contributed by atoms with Gasteiger partial charge in [-0.05, 0) is 66.1 Å². The van der Waals surface area contributed by atoms with Crippen LogP contribution in [0.3, 0.4) is 0 Å². The van der Waals surface area contributed by atoms with E-state index in [0.29, 0.717) is 17.9 Å². The van der Waals surface area contributed by atoms with Gasteiger partial charge in [-0.3, -0.25) is 4.79 Å². The molecule has 0 saturated carbocycles. The number of benzene rings is 2. The molecule has 3 aromatic rings. The summed E-state index contributed by atoms with van der Waals surface area (Å²) in [6.45, 7) is 4.35. The Morgan fingerprint density at radius 3 is 2.29 bits per heavy atom. The molecule has 0 aliphatic rings. The van der Waals surface area contributed by atoms with E-state index >= 15 is 0 Å². The van der Waals surface area contributed by atoms with Crippen LogP contribution >= 0.6 is 23.8 Å². The van der Waals surface area contributed by atoms with E-state index in [9.17, 15) is 18.0 Å². The predicted molar refractivity (Wildman–Crippen MR) is 134 cm³/mol. The number of nitrogens with zero attached hydrogens (tertiary/aromatic N) is 3. The average molecular weight is 509 g/mol. The standard InChI is InChI=1S/C22H23F3N6OS2/c1-13(2)11-31(3)18-6-4-5-16(19(18)22(23,24)25)28-21(33)27-15-9-7-14(8-10-15)26-20(32)17-12-34-30-29-17/h4-10,12-13H,11H2,1-3H3,(H,26,32)(H2,27,28,33). The number of thiocarbonyl (C=S) groups is 1. The molecule has 3 rings (SSSR count). The molecular weight excluding hydrogens is 485 g/mol. The van der Waals surface area contributed by atoms with E-state index in [1.807, 2.05) is 13.8 Å². The first kappa shape index (κ1) is 25.4. The molecule has 3 N–H and O–H groups in total. The van der Waals surface area contributed by atoms with Gasteiger partial charge in [0.2, 0.25) is 0 Å². The summed E-state index contributed by atoms with van der Waals surface area (Å²) >= 11 is 6.32. The third-order valence-electron chi connectivity index (χ3n) is 4.62. The summed E-state index contributed by atoms with van der Waals surface area (Å²) in [5, 5.41) is 13.4. The number of nitrogens with one attached hydrogen (secondary N) is 3. The van der Waals surface area contributed by atoms with Crippen molar-refractivity contribution in [2.75, 3.05) is 34.4 Å². The maximum absolute atomic E-state index is 14.0. The van der Waals surface area contributed by atoms with Gasteiger partial charge in [0.05, 0.1) is 11.4 Å². The molecule has 0 atom stereocenters. The van der Waals surface area contributed by atoms with Crippen LogP contribution in [0, 0.1) is 5.92 Å². The molecule has 0 aliphatic heterocycles. The topological polar surface area (TPSA) is 82.2 Å². The fourth-order valence-corrected chi connectivity index (χ4v) is 3.95. The smallest absolute Gasteiger partial charge is 0.374 e. The van der Waals surface area contributed by atoms with Crippen molar-refractivity contribution >= 4 is 57.5 Å². The number of carbonyl (C=O) groups excluding carboxylic acids is 1. The van der Waals surface area contributed by atoms with E-state index in [-0.39, 0.29) is 28.1 Å². The SMILES string of the molecule is CC(C)CN(C)c1cccc(NC(=S)Nc2ccc(NC(=O)c3csnn3)cc2)c1C(F)(F)F. The van der Waals surface area contributed by atoms with Crippen LogP contribution in [0.4, 0.5) is 35.9 Å². The van der Waals surface area contributed by atoms with Gasteiger partial charge in [-0.15, -0.1) is 5.10 Å². The number of carbonyl (C=O) groups is 1. The summed E-state index contributed by atoms with van der Waals surface area (Å²) in [7, 11) is 1.64. The highest BCUT2D eigenvalue weighted by atomic mass is 32.1. The second-order valence-corrected chi connectivity index (χ2v) is 8.89. The highest BCUT2D eigenvalue weighted by molar-refractivity contribution is 7.80. The van der Waals surface area contributed by atoms with E-state index in [4.69, 9.17) is 12.2 Å². The number of rotatable bonds is 7. The van der Waals surface area contributed by atoms with E-state index in [1.165, 1.54) is 17.5 Å². The lowest BCUT2D eigenvalue weighted by molar-refractivity contribution is -0.136. The number of halogens is 3. The first-order valence-corrected chi connectivity index (χ1v) is 11.5. The summed E-state index contributed by atoms with van der Waals surface area (Å²) in [6, 6.07) is 10.9. The Labute approximate surface area is 204 Å². The molecule has 1 heterocycles. The molecule has 0 saturated heterocycles. The van der Waals surface area contributed by atoms with Gasteiger partial charge >= 0.3 is 6.18 Å². The van der Waals surface area contributed by atoms with Crippen molar-refractivity contribution in [1.29, 1.82) is 0 Å². The van der Waals surface area contributed by atoms with Crippen molar-refractivity contribution in [2.45, 2.75) is 20.0 Å². The maximum atomic E-state index is 14.0. The fourth-order valence-electron chi connectivity index (χ4n) is 3.29. The zero-order valence-electron chi connectivity index (χ0n) is 18.6. The van der Waals surface area contributed by atoms with Crippen LogP contribution in [-0.2, 0) is 6.18 Å². The normalized spacial score (nSPS) is 11.3. The fraction of sp³-hybridized carbons (Fsp3) is 0.273. The minimum atomic E-state index is -4.58. The van der Waals surface area contributed by atoms with Crippen molar-refractivity contribution in [3.05, 3.63) is 59.1 Å². The summed E-state index contributed by atoms with van der Waals surface area (Å²) in [5.41, 5.74) is 0.412. The van der Waals surface area contributed by atoms with Gasteiger partial charge in [0.25, 0.3) is 5.91 Å². The lowest BCUT2D eigenvalue weighted by Crippen LogP contribution is -2.27. The van der Waals surface area contributed by atoms with Crippen LogP contribution in [-0.4, -0.2) is 34.2 Å². The van der Waals surface area contributed by atoms with Crippen molar-refractivity contribution in [1.82, 2.24) is 9.59 Å². The van der Waals surface area contributed by atoms with Gasteiger partial charge in [-0.1, -0.05) is 24.4 Å². The lowest BCUT2D eigenvalue weighted by atomic mass is 10.1. The van der Waals surface area contributed by atoms with Gasteiger partial charge in [-0.2, -0.15) is 13.2 Å². The minimum absolute atomic E-state index is 0.000467. The van der Waals surface area contributed by atoms with Crippen molar-refractivity contribution in [2.24, 2.45) is 5.92 Å². The number of hydrogen-bond donors (Lipinski definition) is 3. The Bertz CT molecular complexity index is 1130. The predicted octanol–water partition coefficient (Wildman–Crippen LogP) is 5.71. The van der Waals surface area contributed by atoms with Gasteiger partial charge < -0.3 is 20.9 Å². The van der Waals surface area contributed by atoms with Crippen LogP contribution in [0.25, 0.3) is 0 Å². The van der Waals surface area contributed by atoms with E-state index < -0.39 is 17.6 Å². The quantitative estimate of drug-likeness (QED) is 0.353. The zero-order chi connectivity index (χ0) is 24.9. The van der Waals surface area contributed by atoms with Crippen molar-refractivity contribution < 1.29 is 18.0 Å². The number of alkyl halides is 3. The Balaban J connectivity index is 1.71. The molecule has 34 heavy (non-hydrogen) atoms. The molecule has 0 bridgehead atoms. The molecule has 1 aromatic heterocycles. The molecular formula is C22H23F3N6OS2. The summed E-state index contributed by atoms with van der Waals surface area (Å²) < 4.78 is 45.5. The second-order valence-electron chi connectivity index (χ2n) is 7.87. The molecule has 180 valence electrons. The maximum Gasteiger partial charge on any atom is 0.420 e. The molecule has 1 amide bonds. The van der Waals surface area contributed by atoms with Crippen LogP contribution in [0.5, 0.6) is 0 Å². The van der Waals surface area contributed by atoms with Crippen LogP contribution in [0.2, 0.25) is 0 Å². The molecule has 2 aromatic carbocycles.